The summed E-state index contributed by atoms with van der Waals surface area (Å²) in [6.07, 6.45) is 1.00. The van der Waals surface area contributed by atoms with Gasteiger partial charge in [-0.2, -0.15) is 8.42 Å². The van der Waals surface area contributed by atoms with Gasteiger partial charge < -0.3 is 48.3 Å². The number of hydrogen-bond acceptors (Lipinski definition) is 13. The van der Waals surface area contributed by atoms with E-state index in [4.69, 9.17) is 42.8 Å². The summed E-state index contributed by atoms with van der Waals surface area (Å²) in [6, 6.07) is 15.7. The quantitative estimate of drug-likeness (QED) is 0.127. The molecule has 3 aromatic rings. The summed E-state index contributed by atoms with van der Waals surface area (Å²) in [5.74, 6) is -0.231. The van der Waals surface area contributed by atoms with E-state index in [9.17, 15) is 18.3 Å². The highest BCUT2D eigenvalue weighted by molar-refractivity contribution is 7.85. The fourth-order valence-corrected chi connectivity index (χ4v) is 5.46. The van der Waals surface area contributed by atoms with Gasteiger partial charge in [0.2, 0.25) is 12.5 Å². The molecule has 1 atom stereocenters. The molecule has 0 bridgehead atoms. The standard InChI is InChI=1S/C32H35NO9.C2H6O4S/c1-33(2)13-6-14-39-23-10-8-22(9-11-23)32(35)24(15-20-16-27(36-3)30(38-5)28(17-20)37-4)29(31(34)42-32)21-7-12-25-26(18-21)41-19-40-25;3-1-2-7(4,5)6/h7-12,16-18,35H,6,13-15,19H2,1-5H3;3H,1-2H2,(H,4,5,6). The number of methoxy groups -OCH3 is 3. The molecule has 0 aliphatic carbocycles. The minimum Gasteiger partial charge on any atom is -0.494 e. The van der Waals surface area contributed by atoms with Crippen LogP contribution in [0.4, 0.5) is 0 Å². The van der Waals surface area contributed by atoms with Gasteiger partial charge in [-0.1, -0.05) is 6.07 Å². The largest absolute Gasteiger partial charge is 0.494 e. The highest BCUT2D eigenvalue weighted by Gasteiger charge is 2.48. The van der Waals surface area contributed by atoms with E-state index in [1.54, 1.807) is 54.6 Å². The minimum atomic E-state index is -3.92. The highest BCUT2D eigenvalue weighted by atomic mass is 32.2. The summed E-state index contributed by atoms with van der Waals surface area (Å²) >= 11 is 0. The summed E-state index contributed by atoms with van der Waals surface area (Å²) in [5.41, 5.74) is 2.20. The van der Waals surface area contributed by atoms with Crippen LogP contribution in [0, 0.1) is 0 Å². The Balaban J connectivity index is 0.000000698. The van der Waals surface area contributed by atoms with Crippen LogP contribution >= 0.6 is 0 Å². The maximum Gasteiger partial charge on any atom is 0.342 e. The lowest BCUT2D eigenvalue weighted by Gasteiger charge is -2.26. The minimum absolute atomic E-state index is 0.0913. The molecule has 2 aliphatic rings. The molecule has 2 heterocycles. The summed E-state index contributed by atoms with van der Waals surface area (Å²) in [7, 11) is 4.69. The van der Waals surface area contributed by atoms with Gasteiger partial charge in [-0.25, -0.2) is 4.79 Å². The number of aliphatic hydroxyl groups is 2. The van der Waals surface area contributed by atoms with Gasteiger partial charge in [-0.05, 0) is 80.2 Å². The van der Waals surface area contributed by atoms with Crippen molar-refractivity contribution in [2.24, 2.45) is 0 Å². The van der Waals surface area contributed by atoms with E-state index in [2.05, 4.69) is 4.90 Å². The normalized spacial score (nSPS) is 16.6. The van der Waals surface area contributed by atoms with Crippen LogP contribution in [0.2, 0.25) is 0 Å². The van der Waals surface area contributed by atoms with E-state index in [-0.39, 0.29) is 18.8 Å². The smallest absolute Gasteiger partial charge is 0.342 e. The van der Waals surface area contributed by atoms with Crippen LogP contribution in [-0.2, 0) is 31.9 Å². The molecule has 0 amide bonds. The number of benzene rings is 3. The van der Waals surface area contributed by atoms with Gasteiger partial charge in [0.15, 0.2) is 23.0 Å². The van der Waals surface area contributed by atoms with Crippen molar-refractivity contribution < 1.29 is 61.1 Å². The molecule has 266 valence electrons. The molecule has 0 saturated carbocycles. The molecular formula is C34H41NO13S. The molecule has 5 rings (SSSR count). The molecule has 0 spiro atoms. The van der Waals surface area contributed by atoms with Crippen molar-refractivity contribution in [1.82, 2.24) is 4.90 Å². The zero-order valence-electron chi connectivity index (χ0n) is 27.9. The van der Waals surface area contributed by atoms with Gasteiger partial charge in [0.1, 0.15) is 5.75 Å². The first kappa shape index (κ1) is 37.3. The van der Waals surface area contributed by atoms with Crippen LogP contribution in [0.3, 0.4) is 0 Å². The van der Waals surface area contributed by atoms with Crippen molar-refractivity contribution >= 4 is 21.7 Å². The van der Waals surface area contributed by atoms with Gasteiger partial charge in [-0.3, -0.25) is 4.55 Å². The number of carbonyl (C=O) groups is 1. The average molecular weight is 704 g/mol. The number of rotatable bonds is 14. The van der Waals surface area contributed by atoms with Crippen molar-refractivity contribution in [3.8, 4) is 34.5 Å². The van der Waals surface area contributed by atoms with Crippen molar-refractivity contribution in [1.29, 1.82) is 0 Å². The maximum atomic E-state index is 13.5. The number of fused-ring (bicyclic) bond motifs is 1. The third kappa shape index (κ3) is 9.13. The molecule has 3 aromatic carbocycles. The van der Waals surface area contributed by atoms with Crippen molar-refractivity contribution in [2.45, 2.75) is 18.6 Å². The Labute approximate surface area is 285 Å². The third-order valence-electron chi connectivity index (χ3n) is 7.54. The van der Waals surface area contributed by atoms with E-state index in [1.165, 1.54) is 21.3 Å². The van der Waals surface area contributed by atoms with E-state index in [0.717, 1.165) is 13.0 Å². The lowest BCUT2D eigenvalue weighted by atomic mass is 9.88. The Morgan fingerprint density at radius 2 is 1.57 bits per heavy atom. The first-order valence-electron chi connectivity index (χ1n) is 15.2. The van der Waals surface area contributed by atoms with Crippen molar-refractivity contribution in [3.05, 3.63) is 76.9 Å². The van der Waals surface area contributed by atoms with Gasteiger partial charge >= 0.3 is 5.97 Å². The fraction of sp³-hybridized carbons (Fsp3) is 0.382. The average Bonchev–Trinajstić information content (AvgIpc) is 3.63. The van der Waals surface area contributed by atoms with Crippen molar-refractivity contribution in [2.75, 3.05) is 67.7 Å². The number of hydrogen-bond donors (Lipinski definition) is 3. The zero-order chi connectivity index (χ0) is 35.8. The first-order valence-corrected chi connectivity index (χ1v) is 16.8. The first-order chi connectivity index (χ1) is 23.3. The fourth-order valence-electron chi connectivity index (χ4n) is 5.23. The van der Waals surface area contributed by atoms with Crippen molar-refractivity contribution in [3.63, 3.8) is 0 Å². The monoisotopic (exact) mass is 703 g/mol. The SMILES string of the molecule is COc1cc(CC2=C(c3ccc4c(c3)OCO4)C(=O)OC2(O)c2ccc(OCCCN(C)C)cc2)cc(OC)c1OC.O=S(=O)(O)CCO. The summed E-state index contributed by atoms with van der Waals surface area (Å²) in [5, 5.41) is 20.0. The molecule has 49 heavy (non-hydrogen) atoms. The van der Waals surface area contributed by atoms with Crippen LogP contribution in [0.5, 0.6) is 34.5 Å². The number of nitrogens with zero attached hydrogens (tertiary/aromatic N) is 1. The maximum absolute atomic E-state index is 13.5. The number of ether oxygens (including phenoxy) is 7. The molecule has 1 unspecified atom stereocenters. The molecule has 2 aliphatic heterocycles. The van der Waals surface area contributed by atoms with Crippen LogP contribution in [0.15, 0.2) is 60.2 Å². The lowest BCUT2D eigenvalue weighted by Crippen LogP contribution is -2.29. The Kier molecular flexibility index (Phi) is 12.4. The molecule has 0 saturated heterocycles. The van der Waals surface area contributed by atoms with E-state index >= 15 is 0 Å². The van der Waals surface area contributed by atoms with Crippen LogP contribution in [-0.4, -0.2) is 102 Å². The number of carbonyl (C=O) groups excluding carboxylic acids is 1. The third-order valence-corrected chi connectivity index (χ3v) is 8.23. The topological polar surface area (TPSA) is 180 Å². The molecule has 14 nitrogen and oxygen atoms in total. The second-order valence-electron chi connectivity index (χ2n) is 11.2. The van der Waals surface area contributed by atoms with Gasteiger partial charge in [0, 0.05) is 24.1 Å². The Bertz CT molecular complexity index is 1730. The highest BCUT2D eigenvalue weighted by Crippen LogP contribution is 2.48. The molecule has 15 heteroatoms. The van der Waals surface area contributed by atoms with E-state index < -0.39 is 34.2 Å². The van der Waals surface area contributed by atoms with Gasteiger partial charge in [0.25, 0.3) is 15.9 Å². The van der Waals surface area contributed by atoms with Crippen LogP contribution in [0.1, 0.15) is 23.1 Å². The second kappa shape index (κ2) is 16.2. The van der Waals surface area contributed by atoms with E-state index in [1.807, 2.05) is 14.1 Å². The van der Waals surface area contributed by atoms with Crippen LogP contribution in [0.25, 0.3) is 5.57 Å². The number of cyclic esters (lactones) is 1. The zero-order valence-corrected chi connectivity index (χ0v) is 28.7. The molecule has 0 aromatic heterocycles. The Morgan fingerprint density at radius 3 is 2.12 bits per heavy atom. The predicted molar refractivity (Wildman–Crippen MR) is 178 cm³/mol. The molecule has 0 radical (unpaired) electrons. The summed E-state index contributed by atoms with van der Waals surface area (Å²) in [4.78, 5) is 15.6. The number of esters is 1. The second-order valence-corrected chi connectivity index (χ2v) is 12.8. The lowest BCUT2D eigenvalue weighted by molar-refractivity contribution is -0.185. The number of aliphatic hydroxyl groups excluding tert-OH is 1. The summed E-state index contributed by atoms with van der Waals surface area (Å²) in [6.45, 7) is 1.02. The van der Waals surface area contributed by atoms with Gasteiger partial charge in [0.05, 0.1) is 45.9 Å². The predicted octanol–water partition coefficient (Wildman–Crippen LogP) is 3.04. The van der Waals surface area contributed by atoms with Gasteiger partial charge in [-0.15, -0.1) is 0 Å². The van der Waals surface area contributed by atoms with E-state index in [0.29, 0.717) is 63.4 Å². The Hall–Kier alpha value is -4.54. The molecular weight excluding hydrogens is 662 g/mol. The Morgan fingerprint density at radius 1 is 0.918 bits per heavy atom. The molecule has 0 fully saturated rings. The molecule has 3 N–H and O–H groups in total. The summed E-state index contributed by atoms with van der Waals surface area (Å²) < 4.78 is 66.3. The van der Waals surface area contributed by atoms with Crippen LogP contribution < -0.4 is 28.4 Å².